The van der Waals surface area contributed by atoms with Crippen LogP contribution in [0, 0.1) is 0 Å². The van der Waals surface area contributed by atoms with E-state index in [1.807, 2.05) is 13.0 Å². The second-order valence-electron chi connectivity index (χ2n) is 5.35. The normalized spacial score (nSPS) is 13.5. The maximum Gasteiger partial charge on any atom is 0.342 e. The largest absolute Gasteiger partial charge is 0.507 e. The number of cyclic esters (lactones) is 1. The van der Waals surface area contributed by atoms with Crippen molar-refractivity contribution in [3.05, 3.63) is 34.4 Å². The minimum atomic E-state index is -0.521. The third-order valence-corrected chi connectivity index (χ3v) is 3.84. The van der Waals surface area contributed by atoms with E-state index in [0.29, 0.717) is 36.1 Å². The van der Waals surface area contributed by atoms with Gasteiger partial charge in [-0.15, -0.1) is 0 Å². The Bertz CT molecular complexity index is 660. The van der Waals surface area contributed by atoms with Crippen LogP contribution < -0.4 is 4.74 Å². The number of ether oxygens (including phenoxy) is 3. The van der Waals surface area contributed by atoms with Gasteiger partial charge in [-0.2, -0.15) is 0 Å². The third kappa shape index (κ3) is 3.64. The summed E-state index contributed by atoms with van der Waals surface area (Å²) in [5.74, 6) is -0.373. The quantitative estimate of drug-likeness (QED) is 0.640. The van der Waals surface area contributed by atoms with Crippen molar-refractivity contribution in [2.75, 3.05) is 14.2 Å². The molecule has 6 nitrogen and oxygen atoms in total. The predicted molar refractivity (Wildman–Crippen MR) is 82.5 cm³/mol. The highest BCUT2D eigenvalue weighted by Gasteiger charge is 2.29. The van der Waals surface area contributed by atoms with E-state index in [1.54, 1.807) is 6.07 Å². The molecule has 0 unspecified atom stereocenters. The molecule has 6 heteroatoms. The zero-order valence-electron chi connectivity index (χ0n) is 13.5. The van der Waals surface area contributed by atoms with Gasteiger partial charge in [0.2, 0.25) is 0 Å². The van der Waals surface area contributed by atoms with Crippen molar-refractivity contribution in [2.45, 2.75) is 32.8 Å². The fourth-order valence-electron chi connectivity index (χ4n) is 2.45. The Labute approximate surface area is 134 Å². The van der Waals surface area contributed by atoms with E-state index < -0.39 is 5.97 Å². The molecule has 0 amide bonds. The maximum absolute atomic E-state index is 11.7. The van der Waals surface area contributed by atoms with Gasteiger partial charge in [-0.1, -0.05) is 11.6 Å². The second-order valence-corrected chi connectivity index (χ2v) is 5.35. The number of phenols is 1. The molecule has 0 fully saturated rings. The lowest BCUT2D eigenvalue weighted by atomic mass is 9.99. The van der Waals surface area contributed by atoms with Crippen LogP contribution in [0.25, 0.3) is 0 Å². The number of carbonyl (C=O) groups excluding carboxylic acids is 2. The van der Waals surface area contributed by atoms with Crippen LogP contribution in [0.4, 0.5) is 0 Å². The molecule has 1 aliphatic rings. The number of hydrogen-bond acceptors (Lipinski definition) is 6. The lowest BCUT2D eigenvalue weighted by molar-refractivity contribution is -0.140. The molecule has 1 heterocycles. The van der Waals surface area contributed by atoms with Crippen molar-refractivity contribution in [2.24, 2.45) is 0 Å². The molecule has 1 aromatic rings. The first-order chi connectivity index (χ1) is 11.0. The van der Waals surface area contributed by atoms with Gasteiger partial charge in [-0.25, -0.2) is 4.79 Å². The number of phenolic OH excluding ortho intramolecular Hbond substituents is 1. The van der Waals surface area contributed by atoms with Gasteiger partial charge >= 0.3 is 11.9 Å². The van der Waals surface area contributed by atoms with Crippen LogP contribution in [0.15, 0.2) is 17.7 Å². The SMILES string of the molecule is COC(=O)CC/C(C)=C/Cc1c(OC)cc2c(c1O)C(=O)OC2. The molecule has 0 atom stereocenters. The molecule has 1 aromatic carbocycles. The lowest BCUT2D eigenvalue weighted by Gasteiger charge is -2.12. The molecule has 0 aromatic heterocycles. The molecular formula is C17H20O6. The average Bonchev–Trinajstić information content (AvgIpc) is 2.92. The smallest absolute Gasteiger partial charge is 0.342 e. The van der Waals surface area contributed by atoms with Crippen molar-refractivity contribution in [1.82, 2.24) is 0 Å². The van der Waals surface area contributed by atoms with Crippen LogP contribution >= 0.6 is 0 Å². The highest BCUT2D eigenvalue weighted by molar-refractivity contribution is 5.97. The highest BCUT2D eigenvalue weighted by Crippen LogP contribution is 2.38. The molecule has 0 aliphatic carbocycles. The Kier molecular flexibility index (Phi) is 5.26. The first-order valence-electron chi connectivity index (χ1n) is 7.29. The minimum absolute atomic E-state index is 0.0983. The molecule has 0 saturated heterocycles. The molecule has 23 heavy (non-hydrogen) atoms. The summed E-state index contributed by atoms with van der Waals surface area (Å²) in [4.78, 5) is 22.8. The van der Waals surface area contributed by atoms with Crippen molar-refractivity contribution < 1.29 is 28.9 Å². The second kappa shape index (κ2) is 7.17. The number of fused-ring (bicyclic) bond motifs is 1. The van der Waals surface area contributed by atoms with E-state index in [4.69, 9.17) is 9.47 Å². The molecule has 124 valence electrons. The van der Waals surface area contributed by atoms with Gasteiger partial charge in [0.05, 0.1) is 14.2 Å². The summed E-state index contributed by atoms with van der Waals surface area (Å²) in [5, 5.41) is 10.4. The topological polar surface area (TPSA) is 82.1 Å². The van der Waals surface area contributed by atoms with E-state index in [0.717, 1.165) is 5.57 Å². The molecule has 2 rings (SSSR count). The zero-order valence-corrected chi connectivity index (χ0v) is 13.5. The number of hydrogen-bond donors (Lipinski definition) is 1. The Morgan fingerprint density at radius 3 is 2.78 bits per heavy atom. The summed E-state index contributed by atoms with van der Waals surface area (Å²) in [7, 11) is 2.87. The number of methoxy groups -OCH3 is 2. The fraction of sp³-hybridized carbons (Fsp3) is 0.412. The van der Waals surface area contributed by atoms with E-state index in [9.17, 15) is 14.7 Å². The summed E-state index contributed by atoms with van der Waals surface area (Å²) >= 11 is 0. The summed E-state index contributed by atoms with van der Waals surface area (Å²) < 4.78 is 14.8. The number of allylic oxidation sites excluding steroid dienone is 2. The van der Waals surface area contributed by atoms with Crippen LogP contribution in [0.3, 0.4) is 0 Å². The Hall–Kier alpha value is -2.50. The summed E-state index contributed by atoms with van der Waals surface area (Å²) in [5.41, 5.74) is 2.35. The van der Waals surface area contributed by atoms with E-state index >= 15 is 0 Å². The number of rotatable bonds is 6. The zero-order chi connectivity index (χ0) is 17.0. The van der Waals surface area contributed by atoms with Gasteiger partial charge in [0.15, 0.2) is 0 Å². The van der Waals surface area contributed by atoms with E-state index in [-0.39, 0.29) is 23.9 Å². The number of benzene rings is 1. The molecule has 0 bridgehead atoms. The number of aromatic hydroxyl groups is 1. The van der Waals surface area contributed by atoms with Gasteiger partial charge < -0.3 is 19.3 Å². The van der Waals surface area contributed by atoms with Crippen LogP contribution in [0.2, 0.25) is 0 Å². The van der Waals surface area contributed by atoms with Gasteiger partial charge in [0.1, 0.15) is 23.7 Å². The minimum Gasteiger partial charge on any atom is -0.507 e. The molecule has 0 radical (unpaired) electrons. The van der Waals surface area contributed by atoms with Crippen molar-refractivity contribution >= 4 is 11.9 Å². The van der Waals surface area contributed by atoms with Crippen LogP contribution in [-0.4, -0.2) is 31.3 Å². The standard InChI is InChI=1S/C17H20O6/c1-10(5-7-14(18)22-3)4-6-12-13(21-2)8-11-9-23-17(20)15(11)16(12)19/h4,8,19H,5-7,9H2,1-3H3/b10-4+. The van der Waals surface area contributed by atoms with Crippen LogP contribution in [-0.2, 0) is 27.3 Å². The van der Waals surface area contributed by atoms with Gasteiger partial charge in [-0.3, -0.25) is 4.79 Å². The lowest BCUT2D eigenvalue weighted by Crippen LogP contribution is -2.01. The predicted octanol–water partition coefficient (Wildman–Crippen LogP) is 2.51. The number of carbonyl (C=O) groups is 2. The fourth-order valence-corrected chi connectivity index (χ4v) is 2.45. The van der Waals surface area contributed by atoms with Crippen LogP contribution in [0.1, 0.15) is 41.3 Å². The summed E-state index contributed by atoms with van der Waals surface area (Å²) in [6, 6.07) is 1.72. The average molecular weight is 320 g/mol. The van der Waals surface area contributed by atoms with Crippen molar-refractivity contribution in [3.8, 4) is 11.5 Å². The van der Waals surface area contributed by atoms with E-state index in [1.165, 1.54) is 14.2 Å². The Morgan fingerprint density at radius 1 is 1.39 bits per heavy atom. The summed E-state index contributed by atoms with van der Waals surface area (Å²) in [6.45, 7) is 2.04. The molecule has 1 aliphatic heterocycles. The van der Waals surface area contributed by atoms with Gasteiger partial charge in [-0.05, 0) is 25.8 Å². The summed E-state index contributed by atoms with van der Waals surface area (Å²) in [6.07, 6.45) is 3.16. The van der Waals surface area contributed by atoms with Gasteiger partial charge in [0.25, 0.3) is 0 Å². The Morgan fingerprint density at radius 2 is 2.13 bits per heavy atom. The molecular weight excluding hydrogens is 300 g/mol. The third-order valence-electron chi connectivity index (χ3n) is 3.84. The van der Waals surface area contributed by atoms with Crippen molar-refractivity contribution in [1.29, 1.82) is 0 Å². The van der Waals surface area contributed by atoms with Gasteiger partial charge in [0, 0.05) is 17.5 Å². The molecule has 0 spiro atoms. The van der Waals surface area contributed by atoms with E-state index in [2.05, 4.69) is 4.74 Å². The monoisotopic (exact) mass is 320 g/mol. The first kappa shape index (κ1) is 16.9. The first-order valence-corrected chi connectivity index (χ1v) is 7.29. The number of esters is 2. The van der Waals surface area contributed by atoms with Crippen LogP contribution in [0.5, 0.6) is 11.5 Å². The highest BCUT2D eigenvalue weighted by atomic mass is 16.5. The maximum atomic E-state index is 11.7. The Balaban J connectivity index is 2.21. The molecule has 1 N–H and O–H groups in total. The molecule has 0 saturated carbocycles. The van der Waals surface area contributed by atoms with Crippen molar-refractivity contribution in [3.63, 3.8) is 0 Å².